The second kappa shape index (κ2) is 6.09. The average Bonchev–Trinajstić information content (AvgIpc) is 2.89. The Bertz CT molecular complexity index is 493. The molecule has 1 unspecified atom stereocenters. The maximum absolute atomic E-state index is 5.10. The zero-order chi connectivity index (χ0) is 13.0. The minimum atomic E-state index is 0.294. The molecule has 1 heterocycles. The third-order valence-electron chi connectivity index (χ3n) is 2.91. The molecule has 18 heavy (non-hydrogen) atoms. The molecule has 0 saturated carbocycles. The number of rotatable bonds is 5. The highest BCUT2D eigenvalue weighted by Gasteiger charge is 2.09. The normalized spacial score (nSPS) is 12.6. The summed E-state index contributed by atoms with van der Waals surface area (Å²) in [5.74, 6) is 0. The van der Waals surface area contributed by atoms with Crippen LogP contribution in [0, 0.1) is 0 Å². The first kappa shape index (κ1) is 13.2. The van der Waals surface area contributed by atoms with Gasteiger partial charge in [-0.05, 0) is 19.5 Å². The molecule has 1 aromatic heterocycles. The van der Waals surface area contributed by atoms with Gasteiger partial charge in [0, 0.05) is 24.1 Å². The van der Waals surface area contributed by atoms with Gasteiger partial charge in [0.05, 0.1) is 12.3 Å². The molecule has 0 radical (unpaired) electrons. The maximum Gasteiger partial charge on any atom is 0.123 e. The zero-order valence-corrected chi connectivity index (χ0v) is 11.8. The number of hydrogen-bond acceptors (Lipinski definition) is 4. The van der Waals surface area contributed by atoms with Gasteiger partial charge in [-0.3, -0.25) is 0 Å². The fourth-order valence-electron chi connectivity index (χ4n) is 1.68. The number of hydrogen-bond donors (Lipinski definition) is 1. The van der Waals surface area contributed by atoms with Gasteiger partial charge in [0.15, 0.2) is 0 Å². The molecule has 1 N–H and O–H groups in total. The lowest BCUT2D eigenvalue weighted by molar-refractivity contribution is 0.185. The van der Waals surface area contributed by atoms with Gasteiger partial charge in [-0.2, -0.15) is 0 Å². The van der Waals surface area contributed by atoms with E-state index in [0.717, 1.165) is 16.3 Å². The maximum atomic E-state index is 5.10. The summed E-state index contributed by atoms with van der Waals surface area (Å²) in [5.41, 5.74) is 3.44. The Morgan fingerprint density at radius 1 is 1.33 bits per heavy atom. The van der Waals surface area contributed by atoms with Crippen LogP contribution in [-0.4, -0.2) is 19.1 Å². The molecule has 1 aromatic carbocycles. The number of aromatic nitrogens is 1. The van der Waals surface area contributed by atoms with Gasteiger partial charge in [0.2, 0.25) is 0 Å². The fourth-order valence-corrected chi connectivity index (χ4v) is 2.60. The number of benzene rings is 1. The Kier molecular flexibility index (Phi) is 4.47. The number of methoxy groups -OCH3 is 1. The smallest absolute Gasteiger partial charge is 0.123 e. The van der Waals surface area contributed by atoms with E-state index < -0.39 is 0 Å². The zero-order valence-electron chi connectivity index (χ0n) is 10.9. The van der Waals surface area contributed by atoms with Gasteiger partial charge >= 0.3 is 0 Å². The van der Waals surface area contributed by atoms with Crippen molar-refractivity contribution in [3.05, 3.63) is 40.9 Å². The van der Waals surface area contributed by atoms with Gasteiger partial charge in [0.25, 0.3) is 0 Å². The summed E-state index contributed by atoms with van der Waals surface area (Å²) < 4.78 is 5.10. The molecule has 2 rings (SSSR count). The van der Waals surface area contributed by atoms with Crippen molar-refractivity contribution in [2.45, 2.75) is 19.6 Å². The van der Waals surface area contributed by atoms with E-state index in [0.29, 0.717) is 12.6 Å². The highest BCUT2D eigenvalue weighted by atomic mass is 32.1. The van der Waals surface area contributed by atoms with Gasteiger partial charge < -0.3 is 10.1 Å². The van der Waals surface area contributed by atoms with Crippen LogP contribution in [0.3, 0.4) is 0 Å². The molecular weight excluding hydrogens is 244 g/mol. The van der Waals surface area contributed by atoms with Gasteiger partial charge in [-0.1, -0.05) is 24.3 Å². The Balaban J connectivity index is 2.18. The van der Waals surface area contributed by atoms with Crippen LogP contribution in [0.1, 0.15) is 24.2 Å². The number of ether oxygens (including phenoxy) is 1. The van der Waals surface area contributed by atoms with Crippen LogP contribution in [0.4, 0.5) is 0 Å². The lowest BCUT2D eigenvalue weighted by Gasteiger charge is -2.05. The monoisotopic (exact) mass is 262 g/mol. The molecule has 1 atom stereocenters. The predicted molar refractivity (Wildman–Crippen MR) is 75.7 cm³/mol. The topological polar surface area (TPSA) is 34.1 Å². The molecule has 0 aliphatic rings. The predicted octanol–water partition coefficient (Wildman–Crippen LogP) is 3.24. The quantitative estimate of drug-likeness (QED) is 0.898. The van der Waals surface area contributed by atoms with Gasteiger partial charge in [-0.25, -0.2) is 4.98 Å². The third kappa shape index (κ3) is 2.96. The summed E-state index contributed by atoms with van der Waals surface area (Å²) in [5, 5.41) is 6.38. The Hall–Kier alpha value is -1.23. The lowest BCUT2D eigenvalue weighted by atomic mass is 10.1. The van der Waals surface area contributed by atoms with E-state index in [2.05, 4.69) is 46.9 Å². The van der Waals surface area contributed by atoms with Crippen LogP contribution < -0.4 is 5.32 Å². The van der Waals surface area contributed by atoms with E-state index in [1.165, 1.54) is 5.56 Å². The van der Waals surface area contributed by atoms with E-state index in [-0.39, 0.29) is 0 Å². The van der Waals surface area contributed by atoms with Crippen LogP contribution >= 0.6 is 11.3 Å². The van der Waals surface area contributed by atoms with Crippen molar-refractivity contribution in [2.75, 3.05) is 14.2 Å². The minimum absolute atomic E-state index is 0.294. The molecule has 4 heteroatoms. The summed E-state index contributed by atoms with van der Waals surface area (Å²) in [4.78, 5) is 4.65. The molecule has 0 bridgehead atoms. The average molecular weight is 262 g/mol. The largest absolute Gasteiger partial charge is 0.380 e. The first-order valence-corrected chi connectivity index (χ1v) is 6.83. The molecule has 96 valence electrons. The Labute approximate surface area is 112 Å². The van der Waals surface area contributed by atoms with Crippen molar-refractivity contribution >= 4 is 11.3 Å². The van der Waals surface area contributed by atoms with Crippen molar-refractivity contribution in [1.82, 2.24) is 10.3 Å². The molecule has 0 saturated heterocycles. The SMILES string of the molecule is CNC(C)c1csc(-c2ccc(COC)cc2)n1. The van der Waals surface area contributed by atoms with Gasteiger partial charge in [0.1, 0.15) is 5.01 Å². The lowest BCUT2D eigenvalue weighted by Crippen LogP contribution is -2.12. The second-order valence-electron chi connectivity index (χ2n) is 4.22. The summed E-state index contributed by atoms with van der Waals surface area (Å²) >= 11 is 1.68. The van der Waals surface area contributed by atoms with Crippen molar-refractivity contribution in [3.63, 3.8) is 0 Å². The van der Waals surface area contributed by atoms with E-state index in [4.69, 9.17) is 4.74 Å². The molecule has 0 aliphatic heterocycles. The van der Waals surface area contributed by atoms with Crippen LogP contribution in [0.2, 0.25) is 0 Å². The highest BCUT2D eigenvalue weighted by molar-refractivity contribution is 7.13. The summed E-state index contributed by atoms with van der Waals surface area (Å²) in [6, 6.07) is 8.66. The second-order valence-corrected chi connectivity index (χ2v) is 5.08. The van der Waals surface area contributed by atoms with E-state index in [1.807, 2.05) is 7.05 Å². The van der Waals surface area contributed by atoms with Crippen molar-refractivity contribution < 1.29 is 4.74 Å². The molecule has 0 spiro atoms. The number of thiazole rings is 1. The highest BCUT2D eigenvalue weighted by Crippen LogP contribution is 2.26. The molecule has 3 nitrogen and oxygen atoms in total. The first-order chi connectivity index (χ1) is 8.74. The molecule has 0 aliphatic carbocycles. The van der Waals surface area contributed by atoms with E-state index in [1.54, 1.807) is 18.4 Å². The molecule has 0 amide bonds. The molecule has 0 fully saturated rings. The van der Waals surface area contributed by atoms with Crippen molar-refractivity contribution in [2.24, 2.45) is 0 Å². The number of nitrogens with zero attached hydrogens (tertiary/aromatic N) is 1. The van der Waals surface area contributed by atoms with Crippen LogP contribution in [-0.2, 0) is 11.3 Å². The Morgan fingerprint density at radius 2 is 2.06 bits per heavy atom. The van der Waals surface area contributed by atoms with E-state index in [9.17, 15) is 0 Å². The standard InChI is InChI=1S/C14H18N2OS/c1-10(15-2)13-9-18-14(16-13)12-6-4-11(5-7-12)8-17-3/h4-7,9-10,15H,8H2,1-3H3. The molecular formula is C14H18N2OS. The summed E-state index contributed by atoms with van der Waals surface area (Å²) in [6.07, 6.45) is 0. The van der Waals surface area contributed by atoms with Gasteiger partial charge in [-0.15, -0.1) is 11.3 Å². The summed E-state index contributed by atoms with van der Waals surface area (Å²) in [7, 11) is 3.66. The van der Waals surface area contributed by atoms with Crippen LogP contribution in [0.25, 0.3) is 10.6 Å². The van der Waals surface area contributed by atoms with Crippen LogP contribution in [0.5, 0.6) is 0 Å². The minimum Gasteiger partial charge on any atom is -0.380 e. The number of nitrogens with one attached hydrogen (secondary N) is 1. The fraction of sp³-hybridized carbons (Fsp3) is 0.357. The first-order valence-electron chi connectivity index (χ1n) is 5.95. The molecule has 2 aromatic rings. The third-order valence-corrected chi connectivity index (χ3v) is 3.82. The van der Waals surface area contributed by atoms with Crippen molar-refractivity contribution in [3.8, 4) is 10.6 Å². The van der Waals surface area contributed by atoms with Crippen molar-refractivity contribution in [1.29, 1.82) is 0 Å². The Morgan fingerprint density at radius 3 is 2.67 bits per heavy atom. The summed E-state index contributed by atoms with van der Waals surface area (Å²) in [6.45, 7) is 2.76. The van der Waals surface area contributed by atoms with Crippen LogP contribution in [0.15, 0.2) is 29.6 Å². The van der Waals surface area contributed by atoms with E-state index >= 15 is 0 Å².